The second kappa shape index (κ2) is 6.15. The van der Waals surface area contributed by atoms with E-state index in [0.717, 1.165) is 6.34 Å². The van der Waals surface area contributed by atoms with E-state index in [0.29, 0.717) is 22.6 Å². The first-order chi connectivity index (χ1) is 10.8. The third-order valence-corrected chi connectivity index (χ3v) is 2.92. The number of aromatic nitrogens is 2. The molecule has 1 heterocycles. The zero-order chi connectivity index (χ0) is 15.4. The van der Waals surface area contributed by atoms with Crippen LogP contribution in [0.5, 0.6) is 0 Å². The summed E-state index contributed by atoms with van der Waals surface area (Å²) in [6, 6.07) is 12.9. The number of halogens is 1. The van der Waals surface area contributed by atoms with Crippen LogP contribution in [0.4, 0.5) is 10.1 Å². The first-order valence-corrected chi connectivity index (χ1v) is 6.39. The zero-order valence-corrected chi connectivity index (χ0v) is 11.3. The SMILES string of the molecule is ONC=Nc1ccccc1-c1nc(-c2ccc(F)cc2)no1. The molecule has 22 heavy (non-hydrogen) atoms. The lowest BCUT2D eigenvalue weighted by molar-refractivity contribution is 0.240. The molecule has 0 unspecified atom stereocenters. The predicted molar refractivity (Wildman–Crippen MR) is 78.2 cm³/mol. The molecule has 0 aliphatic rings. The van der Waals surface area contributed by atoms with Crippen LogP contribution < -0.4 is 5.48 Å². The summed E-state index contributed by atoms with van der Waals surface area (Å²) in [6.07, 6.45) is 1.14. The van der Waals surface area contributed by atoms with Gasteiger partial charge in [0.25, 0.3) is 5.89 Å². The summed E-state index contributed by atoms with van der Waals surface area (Å²) in [7, 11) is 0. The van der Waals surface area contributed by atoms with Crippen LogP contribution in [0.2, 0.25) is 0 Å². The molecule has 0 amide bonds. The van der Waals surface area contributed by atoms with Gasteiger partial charge in [0, 0.05) is 5.56 Å². The van der Waals surface area contributed by atoms with E-state index in [1.165, 1.54) is 12.1 Å². The molecule has 0 aliphatic carbocycles. The highest BCUT2D eigenvalue weighted by atomic mass is 19.1. The summed E-state index contributed by atoms with van der Waals surface area (Å²) in [6.45, 7) is 0. The largest absolute Gasteiger partial charge is 0.334 e. The van der Waals surface area contributed by atoms with E-state index in [2.05, 4.69) is 15.1 Å². The summed E-state index contributed by atoms with van der Waals surface area (Å²) in [4.78, 5) is 8.32. The molecule has 3 aromatic rings. The Balaban J connectivity index is 1.97. The first kappa shape index (κ1) is 13.9. The highest BCUT2D eigenvalue weighted by molar-refractivity contribution is 5.74. The first-order valence-electron chi connectivity index (χ1n) is 6.39. The molecule has 0 atom stereocenters. The highest BCUT2D eigenvalue weighted by Gasteiger charge is 2.13. The minimum absolute atomic E-state index is 0.282. The Hall–Kier alpha value is -3.06. The molecule has 0 fully saturated rings. The van der Waals surface area contributed by atoms with Gasteiger partial charge in [-0.1, -0.05) is 17.3 Å². The summed E-state index contributed by atoms with van der Waals surface area (Å²) < 4.78 is 18.2. The molecule has 2 N–H and O–H groups in total. The molecular weight excluding hydrogens is 287 g/mol. The monoisotopic (exact) mass is 298 g/mol. The number of aliphatic imine (C=N–C) groups is 1. The lowest BCUT2D eigenvalue weighted by Gasteiger charge is -1.99. The number of hydrogen-bond acceptors (Lipinski definition) is 5. The Morgan fingerprint density at radius 2 is 1.91 bits per heavy atom. The second-order valence-electron chi connectivity index (χ2n) is 4.33. The number of para-hydroxylation sites is 1. The Morgan fingerprint density at radius 3 is 2.68 bits per heavy atom. The Kier molecular flexibility index (Phi) is 3.88. The standard InChI is InChI=1S/C15H11FN4O2/c16-11-7-5-10(6-8-11)14-19-15(22-20-14)12-3-1-2-4-13(12)17-9-18-21/h1-9,21H,(H,17,18). The number of rotatable bonds is 4. The summed E-state index contributed by atoms with van der Waals surface area (Å²) >= 11 is 0. The smallest absolute Gasteiger partial charge is 0.260 e. The van der Waals surface area contributed by atoms with E-state index in [4.69, 9.17) is 9.73 Å². The number of hydrogen-bond donors (Lipinski definition) is 2. The fourth-order valence-corrected chi connectivity index (χ4v) is 1.91. The van der Waals surface area contributed by atoms with Crippen molar-refractivity contribution < 1.29 is 14.1 Å². The van der Waals surface area contributed by atoms with E-state index in [1.807, 2.05) is 11.5 Å². The summed E-state index contributed by atoms with van der Waals surface area (Å²) in [5, 5.41) is 12.5. The van der Waals surface area contributed by atoms with Crippen molar-refractivity contribution in [3.05, 3.63) is 54.3 Å². The maximum Gasteiger partial charge on any atom is 0.260 e. The van der Waals surface area contributed by atoms with E-state index in [1.54, 1.807) is 30.3 Å². The fraction of sp³-hybridized carbons (Fsp3) is 0. The Bertz CT molecular complexity index is 799. The average molecular weight is 298 g/mol. The average Bonchev–Trinajstić information content (AvgIpc) is 3.03. The molecule has 0 saturated carbocycles. The Labute approximate surface area is 124 Å². The van der Waals surface area contributed by atoms with E-state index >= 15 is 0 Å². The van der Waals surface area contributed by atoms with Crippen LogP contribution in [0.25, 0.3) is 22.8 Å². The van der Waals surface area contributed by atoms with Crippen molar-refractivity contribution in [1.82, 2.24) is 15.6 Å². The third kappa shape index (κ3) is 2.84. The molecule has 0 spiro atoms. The van der Waals surface area contributed by atoms with Crippen LogP contribution in [-0.4, -0.2) is 21.7 Å². The lowest BCUT2D eigenvalue weighted by atomic mass is 10.2. The predicted octanol–water partition coefficient (Wildman–Crippen LogP) is 3.18. The van der Waals surface area contributed by atoms with Crippen molar-refractivity contribution in [2.45, 2.75) is 0 Å². The lowest BCUT2D eigenvalue weighted by Crippen LogP contribution is -2.01. The third-order valence-electron chi connectivity index (χ3n) is 2.92. The maximum absolute atomic E-state index is 12.9. The molecule has 7 heteroatoms. The van der Waals surface area contributed by atoms with E-state index in [9.17, 15) is 4.39 Å². The molecule has 1 aromatic heterocycles. The molecule has 0 bridgehead atoms. The van der Waals surface area contributed by atoms with Crippen molar-refractivity contribution >= 4 is 12.0 Å². The van der Waals surface area contributed by atoms with Crippen LogP contribution in [-0.2, 0) is 0 Å². The number of benzene rings is 2. The van der Waals surface area contributed by atoms with Crippen molar-refractivity contribution in [3.8, 4) is 22.8 Å². The van der Waals surface area contributed by atoms with Crippen LogP contribution in [0.15, 0.2) is 58.0 Å². The summed E-state index contributed by atoms with van der Waals surface area (Å²) in [5.74, 6) is 0.308. The highest BCUT2D eigenvalue weighted by Crippen LogP contribution is 2.30. The molecule has 0 saturated heterocycles. The van der Waals surface area contributed by atoms with Crippen molar-refractivity contribution in [3.63, 3.8) is 0 Å². The number of nitrogens with zero attached hydrogens (tertiary/aromatic N) is 3. The molecule has 6 nitrogen and oxygen atoms in total. The van der Waals surface area contributed by atoms with E-state index < -0.39 is 0 Å². The van der Waals surface area contributed by atoms with Gasteiger partial charge in [-0.05, 0) is 36.4 Å². The molecule has 3 rings (SSSR count). The van der Waals surface area contributed by atoms with Crippen LogP contribution in [0.1, 0.15) is 0 Å². The Morgan fingerprint density at radius 1 is 1.14 bits per heavy atom. The molecule has 110 valence electrons. The topological polar surface area (TPSA) is 83.5 Å². The van der Waals surface area contributed by atoms with Gasteiger partial charge >= 0.3 is 0 Å². The maximum atomic E-state index is 12.9. The van der Waals surface area contributed by atoms with E-state index in [-0.39, 0.29) is 11.7 Å². The van der Waals surface area contributed by atoms with Gasteiger partial charge in [-0.25, -0.2) is 9.38 Å². The second-order valence-corrected chi connectivity index (χ2v) is 4.33. The molecule has 0 radical (unpaired) electrons. The summed E-state index contributed by atoms with van der Waals surface area (Å²) in [5.41, 5.74) is 3.66. The van der Waals surface area contributed by atoms with Gasteiger partial charge in [-0.2, -0.15) is 4.98 Å². The van der Waals surface area contributed by atoms with Gasteiger partial charge in [-0.15, -0.1) is 0 Å². The van der Waals surface area contributed by atoms with Gasteiger partial charge < -0.3 is 4.52 Å². The van der Waals surface area contributed by atoms with Gasteiger partial charge in [0.05, 0.1) is 11.3 Å². The van der Waals surface area contributed by atoms with Gasteiger partial charge in [0.2, 0.25) is 5.82 Å². The number of hydroxylamine groups is 1. The van der Waals surface area contributed by atoms with Gasteiger partial charge in [-0.3, -0.25) is 10.7 Å². The zero-order valence-electron chi connectivity index (χ0n) is 11.3. The van der Waals surface area contributed by atoms with Crippen LogP contribution in [0.3, 0.4) is 0 Å². The van der Waals surface area contributed by atoms with Gasteiger partial charge in [0.1, 0.15) is 12.2 Å². The van der Waals surface area contributed by atoms with Crippen LogP contribution in [0, 0.1) is 5.82 Å². The minimum Gasteiger partial charge on any atom is -0.334 e. The van der Waals surface area contributed by atoms with Crippen LogP contribution >= 0.6 is 0 Å². The fourth-order valence-electron chi connectivity index (χ4n) is 1.91. The molecule has 2 aromatic carbocycles. The van der Waals surface area contributed by atoms with Gasteiger partial charge in [0.15, 0.2) is 0 Å². The van der Waals surface area contributed by atoms with Crippen molar-refractivity contribution in [2.24, 2.45) is 4.99 Å². The normalized spacial score (nSPS) is 11.0. The number of nitrogens with one attached hydrogen (secondary N) is 1. The molecular formula is C15H11FN4O2. The minimum atomic E-state index is -0.330. The quantitative estimate of drug-likeness (QED) is 0.439. The van der Waals surface area contributed by atoms with Crippen molar-refractivity contribution in [2.75, 3.05) is 0 Å². The molecule has 0 aliphatic heterocycles. The van der Waals surface area contributed by atoms with Crippen molar-refractivity contribution in [1.29, 1.82) is 0 Å².